The van der Waals surface area contributed by atoms with Crippen LogP contribution in [0.15, 0.2) is 46.3 Å². The van der Waals surface area contributed by atoms with Gasteiger partial charge in [-0.2, -0.15) is 0 Å². The molecule has 2 aromatic carbocycles. The third-order valence-corrected chi connectivity index (χ3v) is 6.10. The van der Waals surface area contributed by atoms with Gasteiger partial charge < -0.3 is 19.9 Å². The average Bonchev–Trinajstić information content (AvgIpc) is 3.02. The van der Waals surface area contributed by atoms with Crippen LogP contribution in [0.25, 0.3) is 10.9 Å². The van der Waals surface area contributed by atoms with Gasteiger partial charge in [-0.25, -0.2) is 4.98 Å². The van der Waals surface area contributed by atoms with Crippen molar-refractivity contribution in [1.82, 2.24) is 9.55 Å². The molecule has 0 saturated carbocycles. The number of aliphatic hydroxyl groups is 1. The predicted molar refractivity (Wildman–Crippen MR) is 124 cm³/mol. The Kier molecular flexibility index (Phi) is 7.19. The van der Waals surface area contributed by atoms with E-state index < -0.39 is 0 Å². The standard InChI is InChI=1S/C22H22ClN3O5S/c23-15-11-18-19(31-10-4-9-30-18)12-17(15)24-20(28)13-32-22-25-16-6-2-1-5-14(16)21(29)26(22)7-3-8-27/h1-2,5-6,11-12,27H,3-4,7-10,13H2,(H,24,28). The molecule has 4 rings (SSSR count). The van der Waals surface area contributed by atoms with E-state index in [0.29, 0.717) is 64.4 Å². The zero-order valence-electron chi connectivity index (χ0n) is 17.2. The molecule has 0 fully saturated rings. The first kappa shape index (κ1) is 22.4. The SMILES string of the molecule is O=C(CSc1nc2ccccc2c(=O)n1CCCO)Nc1cc2c(cc1Cl)OCCCO2. The zero-order valence-corrected chi connectivity index (χ0v) is 18.7. The molecule has 3 aromatic rings. The molecular weight excluding hydrogens is 454 g/mol. The van der Waals surface area contributed by atoms with E-state index in [4.69, 9.17) is 21.1 Å². The van der Waals surface area contributed by atoms with Gasteiger partial charge in [0.15, 0.2) is 16.7 Å². The smallest absolute Gasteiger partial charge is 0.262 e. The summed E-state index contributed by atoms with van der Waals surface area (Å²) in [6, 6.07) is 10.3. The summed E-state index contributed by atoms with van der Waals surface area (Å²) in [7, 11) is 0. The Bertz CT molecular complexity index is 1200. The number of para-hydroxylation sites is 1. The number of hydrogen-bond donors (Lipinski definition) is 2. The Hall–Kier alpha value is -2.75. The molecule has 0 spiro atoms. The number of halogens is 1. The number of ether oxygens (including phenoxy) is 2. The highest BCUT2D eigenvalue weighted by Crippen LogP contribution is 2.37. The van der Waals surface area contributed by atoms with Crippen LogP contribution in [-0.4, -0.2) is 46.1 Å². The van der Waals surface area contributed by atoms with Gasteiger partial charge in [0.1, 0.15) is 0 Å². The molecule has 0 bridgehead atoms. The number of rotatable bonds is 7. The van der Waals surface area contributed by atoms with Crippen LogP contribution in [0.3, 0.4) is 0 Å². The van der Waals surface area contributed by atoms with Crippen molar-refractivity contribution in [3.8, 4) is 11.5 Å². The lowest BCUT2D eigenvalue weighted by Crippen LogP contribution is -2.24. The van der Waals surface area contributed by atoms with E-state index >= 15 is 0 Å². The fraction of sp³-hybridized carbons (Fsp3) is 0.318. The fourth-order valence-electron chi connectivity index (χ4n) is 3.28. The number of amides is 1. The van der Waals surface area contributed by atoms with Crippen molar-refractivity contribution in [2.75, 3.05) is 30.9 Å². The summed E-state index contributed by atoms with van der Waals surface area (Å²) in [6.45, 7) is 1.33. The summed E-state index contributed by atoms with van der Waals surface area (Å²) in [4.78, 5) is 30.1. The number of aromatic nitrogens is 2. The highest BCUT2D eigenvalue weighted by molar-refractivity contribution is 7.99. The van der Waals surface area contributed by atoms with E-state index in [2.05, 4.69) is 10.3 Å². The molecule has 1 aliphatic rings. The molecule has 1 amide bonds. The van der Waals surface area contributed by atoms with Gasteiger partial charge in [0.25, 0.3) is 5.56 Å². The maximum atomic E-state index is 12.9. The van der Waals surface area contributed by atoms with Crippen molar-refractivity contribution < 1.29 is 19.4 Å². The fourth-order valence-corrected chi connectivity index (χ4v) is 4.31. The van der Waals surface area contributed by atoms with E-state index in [1.54, 1.807) is 36.4 Å². The predicted octanol–water partition coefficient (Wildman–Crippen LogP) is 3.32. The number of nitrogens with one attached hydrogen (secondary N) is 1. The number of aliphatic hydroxyl groups excluding tert-OH is 1. The van der Waals surface area contributed by atoms with Crippen LogP contribution in [0.1, 0.15) is 12.8 Å². The quantitative estimate of drug-likeness (QED) is 0.399. The van der Waals surface area contributed by atoms with E-state index in [0.717, 1.165) is 18.2 Å². The van der Waals surface area contributed by atoms with Crippen LogP contribution < -0.4 is 20.3 Å². The number of nitrogens with zero attached hydrogens (tertiary/aromatic N) is 2. The highest BCUT2D eigenvalue weighted by atomic mass is 35.5. The second-order valence-corrected chi connectivity index (χ2v) is 8.46. The number of thioether (sulfide) groups is 1. The van der Waals surface area contributed by atoms with Gasteiger partial charge in [-0.1, -0.05) is 35.5 Å². The Labute approximate surface area is 193 Å². The Balaban J connectivity index is 1.52. The third-order valence-electron chi connectivity index (χ3n) is 4.81. The normalized spacial score (nSPS) is 13.1. The average molecular weight is 476 g/mol. The summed E-state index contributed by atoms with van der Waals surface area (Å²) >= 11 is 7.46. The molecule has 1 aromatic heterocycles. The van der Waals surface area contributed by atoms with Gasteiger partial charge in [-0.15, -0.1) is 0 Å². The number of hydrogen-bond acceptors (Lipinski definition) is 7. The van der Waals surface area contributed by atoms with Gasteiger partial charge in [-0.3, -0.25) is 14.2 Å². The lowest BCUT2D eigenvalue weighted by Gasteiger charge is -2.14. The van der Waals surface area contributed by atoms with Crippen LogP contribution in [0.2, 0.25) is 5.02 Å². The van der Waals surface area contributed by atoms with Crippen molar-refractivity contribution in [2.45, 2.75) is 24.5 Å². The van der Waals surface area contributed by atoms with Crippen molar-refractivity contribution in [2.24, 2.45) is 0 Å². The van der Waals surface area contributed by atoms with Gasteiger partial charge in [0.2, 0.25) is 5.91 Å². The first-order chi connectivity index (χ1) is 15.6. The highest BCUT2D eigenvalue weighted by Gasteiger charge is 2.17. The molecule has 2 heterocycles. The number of carbonyl (C=O) groups is 1. The minimum Gasteiger partial charge on any atom is -0.490 e. The molecule has 32 heavy (non-hydrogen) atoms. The number of benzene rings is 2. The molecule has 8 nitrogen and oxygen atoms in total. The summed E-state index contributed by atoms with van der Waals surface area (Å²) in [5.41, 5.74) is 0.787. The number of carbonyl (C=O) groups excluding carboxylic acids is 1. The second-order valence-electron chi connectivity index (χ2n) is 7.11. The molecular formula is C22H22ClN3O5S. The van der Waals surface area contributed by atoms with Crippen LogP contribution in [0.4, 0.5) is 5.69 Å². The maximum absolute atomic E-state index is 12.9. The molecule has 1 aliphatic heterocycles. The van der Waals surface area contributed by atoms with Crippen LogP contribution in [0, 0.1) is 0 Å². The van der Waals surface area contributed by atoms with E-state index in [-0.39, 0.29) is 23.8 Å². The summed E-state index contributed by atoms with van der Waals surface area (Å²) in [6.07, 6.45) is 1.17. The maximum Gasteiger partial charge on any atom is 0.262 e. The monoisotopic (exact) mass is 475 g/mol. The first-order valence-corrected chi connectivity index (χ1v) is 11.6. The molecule has 0 atom stereocenters. The molecule has 168 valence electrons. The van der Waals surface area contributed by atoms with Gasteiger partial charge >= 0.3 is 0 Å². The molecule has 2 N–H and O–H groups in total. The zero-order chi connectivity index (χ0) is 22.5. The summed E-state index contributed by atoms with van der Waals surface area (Å²) in [5, 5.41) is 13.2. The summed E-state index contributed by atoms with van der Waals surface area (Å²) < 4.78 is 12.8. The first-order valence-electron chi connectivity index (χ1n) is 10.2. The lowest BCUT2D eigenvalue weighted by molar-refractivity contribution is -0.113. The minimum atomic E-state index is -0.303. The van der Waals surface area contributed by atoms with Gasteiger partial charge in [-0.05, 0) is 18.6 Å². The second kappa shape index (κ2) is 10.2. The Morgan fingerprint density at radius 2 is 1.97 bits per heavy atom. The van der Waals surface area contributed by atoms with E-state index in [9.17, 15) is 14.7 Å². The molecule has 0 aliphatic carbocycles. The van der Waals surface area contributed by atoms with Crippen LogP contribution in [-0.2, 0) is 11.3 Å². The summed E-state index contributed by atoms with van der Waals surface area (Å²) in [5.74, 6) is 0.800. The van der Waals surface area contributed by atoms with E-state index in [1.165, 1.54) is 4.57 Å². The van der Waals surface area contributed by atoms with Crippen molar-refractivity contribution >= 4 is 45.9 Å². The van der Waals surface area contributed by atoms with Crippen LogP contribution in [0.5, 0.6) is 11.5 Å². The largest absolute Gasteiger partial charge is 0.490 e. The van der Waals surface area contributed by atoms with Gasteiger partial charge in [0.05, 0.1) is 40.6 Å². The van der Waals surface area contributed by atoms with Gasteiger partial charge in [0, 0.05) is 31.7 Å². The van der Waals surface area contributed by atoms with Crippen LogP contribution >= 0.6 is 23.4 Å². The van der Waals surface area contributed by atoms with Crippen molar-refractivity contribution in [1.29, 1.82) is 0 Å². The molecule has 0 saturated heterocycles. The number of fused-ring (bicyclic) bond motifs is 2. The van der Waals surface area contributed by atoms with Crippen molar-refractivity contribution in [3.63, 3.8) is 0 Å². The molecule has 10 heteroatoms. The topological polar surface area (TPSA) is 103 Å². The Morgan fingerprint density at radius 1 is 1.22 bits per heavy atom. The third kappa shape index (κ3) is 5.01. The van der Waals surface area contributed by atoms with Crippen molar-refractivity contribution in [3.05, 3.63) is 51.8 Å². The minimum absolute atomic E-state index is 0.0225. The molecule has 0 unspecified atom stereocenters. The van der Waals surface area contributed by atoms with E-state index in [1.807, 2.05) is 0 Å². The number of anilines is 1. The lowest BCUT2D eigenvalue weighted by atomic mass is 10.2. The Morgan fingerprint density at radius 3 is 2.75 bits per heavy atom. The molecule has 0 radical (unpaired) electrons.